The van der Waals surface area contributed by atoms with Crippen LogP contribution in [0.3, 0.4) is 0 Å². The Hall–Kier alpha value is -3.85. The number of aromatic amines is 2. The average Bonchev–Trinajstić information content (AvgIpc) is 3.52. The fraction of sp³-hybridized carbons (Fsp3) is 0.0952. The first-order valence-electron chi connectivity index (χ1n) is 9.41. The van der Waals surface area contributed by atoms with E-state index >= 15 is 0 Å². The standard InChI is InChI=1S/C21H16N8S/c1-11-3-4-17(30-11)13-5-6-22-20-18(13)25-21(26-20)19-14-7-15(12-8-24-29(2)10-12)23-9-16(14)27-28-19/h3-10H,1-2H3,(H,27,28)(H,22,25,26). The van der Waals surface area contributed by atoms with E-state index in [1.165, 1.54) is 9.75 Å². The molecule has 0 aliphatic rings. The minimum absolute atomic E-state index is 0.672. The maximum absolute atomic E-state index is 4.72. The van der Waals surface area contributed by atoms with E-state index in [1.807, 2.05) is 25.4 Å². The van der Waals surface area contributed by atoms with Gasteiger partial charge in [0.05, 0.1) is 29.1 Å². The molecule has 0 spiro atoms. The fourth-order valence-electron chi connectivity index (χ4n) is 3.62. The molecule has 0 atom stereocenters. The highest BCUT2D eigenvalue weighted by atomic mass is 32.1. The normalized spacial score (nSPS) is 11.7. The van der Waals surface area contributed by atoms with Gasteiger partial charge >= 0.3 is 0 Å². The molecule has 0 aromatic carbocycles. The lowest BCUT2D eigenvalue weighted by atomic mass is 10.1. The van der Waals surface area contributed by atoms with Crippen molar-refractivity contribution in [3.05, 3.63) is 53.9 Å². The van der Waals surface area contributed by atoms with Gasteiger partial charge in [0, 0.05) is 45.7 Å². The molecule has 6 aromatic rings. The van der Waals surface area contributed by atoms with Crippen molar-refractivity contribution in [3.63, 3.8) is 0 Å². The third kappa shape index (κ3) is 2.63. The van der Waals surface area contributed by atoms with E-state index in [0.717, 1.165) is 38.9 Å². The first kappa shape index (κ1) is 17.0. The van der Waals surface area contributed by atoms with Crippen LogP contribution in [0.4, 0.5) is 0 Å². The lowest BCUT2D eigenvalue weighted by molar-refractivity contribution is 0.768. The van der Waals surface area contributed by atoms with Crippen LogP contribution in [-0.4, -0.2) is 39.9 Å². The Kier molecular flexibility index (Phi) is 3.59. The van der Waals surface area contributed by atoms with Crippen molar-refractivity contribution in [2.75, 3.05) is 0 Å². The Morgan fingerprint density at radius 2 is 2.03 bits per heavy atom. The van der Waals surface area contributed by atoms with Gasteiger partial charge < -0.3 is 4.98 Å². The van der Waals surface area contributed by atoms with Crippen molar-refractivity contribution in [2.45, 2.75) is 6.92 Å². The van der Waals surface area contributed by atoms with Gasteiger partial charge in [-0.05, 0) is 31.2 Å². The minimum Gasteiger partial charge on any atom is -0.335 e. The zero-order valence-corrected chi connectivity index (χ0v) is 17.0. The van der Waals surface area contributed by atoms with E-state index in [4.69, 9.17) is 4.98 Å². The summed E-state index contributed by atoms with van der Waals surface area (Å²) in [5.41, 5.74) is 6.05. The summed E-state index contributed by atoms with van der Waals surface area (Å²) < 4.78 is 1.76. The van der Waals surface area contributed by atoms with Crippen LogP contribution in [0.25, 0.3) is 55.3 Å². The molecule has 0 aliphatic heterocycles. The molecule has 6 rings (SSSR count). The SMILES string of the molecule is Cc1ccc(-c2ccnc3nc(-c4n[nH]c5cnc(-c6cnn(C)c6)cc45)[nH]c23)s1. The van der Waals surface area contributed by atoms with E-state index in [9.17, 15) is 0 Å². The zero-order chi connectivity index (χ0) is 20.2. The van der Waals surface area contributed by atoms with Gasteiger partial charge in [0.1, 0.15) is 5.69 Å². The van der Waals surface area contributed by atoms with Crippen LogP contribution < -0.4 is 0 Å². The van der Waals surface area contributed by atoms with Gasteiger partial charge in [-0.15, -0.1) is 11.3 Å². The molecule has 8 nitrogen and oxygen atoms in total. The zero-order valence-electron chi connectivity index (χ0n) is 16.2. The summed E-state index contributed by atoms with van der Waals surface area (Å²) >= 11 is 1.75. The van der Waals surface area contributed by atoms with Crippen LogP contribution in [0, 0.1) is 6.92 Å². The summed E-state index contributed by atoms with van der Waals surface area (Å²) in [4.78, 5) is 19.6. The number of hydrogen-bond donors (Lipinski definition) is 2. The predicted octanol–water partition coefficient (Wildman–Crippen LogP) is 4.33. The van der Waals surface area contributed by atoms with E-state index in [0.29, 0.717) is 11.5 Å². The topological polar surface area (TPSA) is 101 Å². The van der Waals surface area contributed by atoms with Gasteiger partial charge in [0.15, 0.2) is 11.5 Å². The number of H-pyrrole nitrogens is 2. The molecule has 9 heteroatoms. The molecule has 2 N–H and O–H groups in total. The third-order valence-electron chi connectivity index (χ3n) is 5.07. The van der Waals surface area contributed by atoms with Crippen molar-refractivity contribution >= 4 is 33.4 Å². The number of imidazole rings is 1. The fourth-order valence-corrected chi connectivity index (χ4v) is 4.52. The molecule has 0 saturated heterocycles. The summed E-state index contributed by atoms with van der Waals surface area (Å²) in [6.45, 7) is 2.11. The van der Waals surface area contributed by atoms with Crippen molar-refractivity contribution in [3.8, 4) is 33.2 Å². The number of pyridine rings is 2. The number of rotatable bonds is 3. The highest BCUT2D eigenvalue weighted by Gasteiger charge is 2.17. The summed E-state index contributed by atoms with van der Waals surface area (Å²) in [5.74, 6) is 0.674. The molecule has 146 valence electrons. The summed E-state index contributed by atoms with van der Waals surface area (Å²) in [7, 11) is 1.89. The summed E-state index contributed by atoms with van der Waals surface area (Å²) in [5, 5.41) is 12.7. The number of aryl methyl sites for hydroxylation is 2. The van der Waals surface area contributed by atoms with Crippen LogP contribution in [-0.2, 0) is 7.05 Å². The van der Waals surface area contributed by atoms with Gasteiger partial charge in [-0.1, -0.05) is 0 Å². The van der Waals surface area contributed by atoms with Gasteiger partial charge in [-0.2, -0.15) is 10.2 Å². The third-order valence-corrected chi connectivity index (χ3v) is 6.10. The Labute approximate surface area is 174 Å². The van der Waals surface area contributed by atoms with E-state index in [-0.39, 0.29) is 0 Å². The molecular formula is C21H16N8S. The molecule has 0 radical (unpaired) electrons. The molecule has 0 bridgehead atoms. The Bertz CT molecular complexity index is 1530. The number of aromatic nitrogens is 8. The lowest BCUT2D eigenvalue weighted by Crippen LogP contribution is -1.85. The van der Waals surface area contributed by atoms with E-state index in [2.05, 4.69) is 49.3 Å². The predicted molar refractivity (Wildman–Crippen MR) is 117 cm³/mol. The number of thiophene rings is 1. The molecule has 0 unspecified atom stereocenters. The Balaban J connectivity index is 1.52. The molecule has 30 heavy (non-hydrogen) atoms. The van der Waals surface area contributed by atoms with Crippen molar-refractivity contribution in [1.82, 2.24) is 39.9 Å². The molecule has 0 fully saturated rings. The van der Waals surface area contributed by atoms with Crippen LogP contribution in [0.15, 0.2) is 49.1 Å². The smallest absolute Gasteiger partial charge is 0.178 e. The van der Waals surface area contributed by atoms with Crippen LogP contribution in [0.2, 0.25) is 0 Å². The Morgan fingerprint density at radius 3 is 2.83 bits per heavy atom. The van der Waals surface area contributed by atoms with Crippen molar-refractivity contribution in [2.24, 2.45) is 7.05 Å². The summed E-state index contributed by atoms with van der Waals surface area (Å²) in [6.07, 6.45) is 7.32. The first-order chi connectivity index (χ1) is 14.7. The number of nitrogens with zero attached hydrogens (tertiary/aromatic N) is 6. The number of nitrogens with one attached hydrogen (secondary N) is 2. The van der Waals surface area contributed by atoms with E-state index < -0.39 is 0 Å². The molecule has 0 saturated carbocycles. The average molecular weight is 412 g/mol. The second-order valence-corrected chi connectivity index (χ2v) is 8.43. The lowest BCUT2D eigenvalue weighted by Gasteiger charge is -1.98. The van der Waals surface area contributed by atoms with Gasteiger partial charge in [0.25, 0.3) is 0 Å². The van der Waals surface area contributed by atoms with Gasteiger partial charge in [-0.25, -0.2) is 9.97 Å². The monoisotopic (exact) mass is 412 g/mol. The second-order valence-electron chi connectivity index (χ2n) is 7.14. The molecular weight excluding hydrogens is 396 g/mol. The van der Waals surface area contributed by atoms with Crippen LogP contribution in [0.1, 0.15) is 4.88 Å². The minimum atomic E-state index is 0.672. The molecule has 0 amide bonds. The number of hydrogen-bond acceptors (Lipinski definition) is 6. The van der Waals surface area contributed by atoms with Crippen LogP contribution >= 0.6 is 11.3 Å². The van der Waals surface area contributed by atoms with Gasteiger partial charge in [-0.3, -0.25) is 14.8 Å². The molecule has 6 heterocycles. The molecule has 6 aromatic heterocycles. The highest BCUT2D eigenvalue weighted by molar-refractivity contribution is 7.15. The Morgan fingerprint density at radius 1 is 1.10 bits per heavy atom. The van der Waals surface area contributed by atoms with Crippen molar-refractivity contribution < 1.29 is 0 Å². The number of fused-ring (bicyclic) bond motifs is 2. The van der Waals surface area contributed by atoms with E-state index in [1.54, 1.807) is 34.6 Å². The quantitative estimate of drug-likeness (QED) is 0.450. The summed E-state index contributed by atoms with van der Waals surface area (Å²) in [6, 6.07) is 8.28. The molecule has 0 aliphatic carbocycles. The highest BCUT2D eigenvalue weighted by Crippen LogP contribution is 2.34. The second kappa shape index (κ2) is 6.33. The largest absolute Gasteiger partial charge is 0.335 e. The maximum Gasteiger partial charge on any atom is 0.178 e. The van der Waals surface area contributed by atoms with Crippen molar-refractivity contribution in [1.29, 1.82) is 0 Å². The maximum atomic E-state index is 4.72. The van der Waals surface area contributed by atoms with Gasteiger partial charge in [0.2, 0.25) is 0 Å². The van der Waals surface area contributed by atoms with Crippen LogP contribution in [0.5, 0.6) is 0 Å². The first-order valence-corrected chi connectivity index (χ1v) is 10.2.